The van der Waals surface area contributed by atoms with Gasteiger partial charge in [-0.2, -0.15) is 0 Å². The summed E-state index contributed by atoms with van der Waals surface area (Å²) in [6.45, 7) is 3.07. The molecule has 15 heavy (non-hydrogen) atoms. The van der Waals surface area contributed by atoms with Crippen LogP contribution in [0.3, 0.4) is 0 Å². The van der Waals surface area contributed by atoms with Crippen LogP contribution in [0.1, 0.15) is 64.7 Å². The van der Waals surface area contributed by atoms with Gasteiger partial charge < -0.3 is 9.84 Å². The highest BCUT2D eigenvalue weighted by atomic mass is 16.5. The van der Waals surface area contributed by atoms with Crippen LogP contribution in [0, 0.1) is 0 Å². The highest BCUT2D eigenvalue weighted by Crippen LogP contribution is 2.21. The molecule has 1 fully saturated rings. The Hall–Kier alpha value is -0.0800. The van der Waals surface area contributed by atoms with Crippen molar-refractivity contribution in [3.63, 3.8) is 0 Å². The topological polar surface area (TPSA) is 29.5 Å². The van der Waals surface area contributed by atoms with Crippen LogP contribution in [0.15, 0.2) is 0 Å². The number of ether oxygens (including phenoxy) is 1. The van der Waals surface area contributed by atoms with Crippen molar-refractivity contribution >= 4 is 0 Å². The summed E-state index contributed by atoms with van der Waals surface area (Å²) in [4.78, 5) is 0. The lowest BCUT2D eigenvalue weighted by molar-refractivity contribution is -0.0594. The van der Waals surface area contributed by atoms with Crippen LogP contribution in [0.4, 0.5) is 0 Å². The Morgan fingerprint density at radius 2 is 1.80 bits per heavy atom. The van der Waals surface area contributed by atoms with Crippen molar-refractivity contribution in [2.24, 2.45) is 0 Å². The lowest BCUT2D eigenvalue weighted by Crippen LogP contribution is -2.32. The van der Waals surface area contributed by atoms with E-state index in [0.717, 1.165) is 32.3 Å². The minimum Gasteiger partial charge on any atom is -0.390 e. The van der Waals surface area contributed by atoms with Crippen LogP contribution in [0.2, 0.25) is 0 Å². The number of hydrogen-bond donors (Lipinski definition) is 1. The second-order valence-corrected chi connectivity index (χ2v) is 4.68. The van der Waals surface area contributed by atoms with E-state index in [4.69, 9.17) is 4.74 Å². The molecule has 1 saturated carbocycles. The summed E-state index contributed by atoms with van der Waals surface area (Å²) in [5.41, 5.74) is 0. The molecule has 0 amide bonds. The minimum absolute atomic E-state index is 0.130. The minimum atomic E-state index is -0.200. The van der Waals surface area contributed by atoms with Gasteiger partial charge in [0, 0.05) is 6.61 Å². The summed E-state index contributed by atoms with van der Waals surface area (Å²) in [7, 11) is 0. The van der Waals surface area contributed by atoms with E-state index in [9.17, 15) is 5.11 Å². The Morgan fingerprint density at radius 3 is 2.53 bits per heavy atom. The largest absolute Gasteiger partial charge is 0.390 e. The van der Waals surface area contributed by atoms with Gasteiger partial charge in [-0.3, -0.25) is 0 Å². The van der Waals surface area contributed by atoms with Gasteiger partial charge >= 0.3 is 0 Å². The zero-order valence-electron chi connectivity index (χ0n) is 10.1. The van der Waals surface area contributed by atoms with Crippen LogP contribution >= 0.6 is 0 Å². The number of aliphatic hydroxyl groups is 1. The predicted molar refractivity (Wildman–Crippen MR) is 63.0 cm³/mol. The zero-order chi connectivity index (χ0) is 10.9. The fourth-order valence-corrected chi connectivity index (χ4v) is 2.21. The first-order chi connectivity index (χ1) is 7.34. The molecule has 1 N–H and O–H groups in total. The third-order valence-electron chi connectivity index (χ3n) is 3.25. The second kappa shape index (κ2) is 8.12. The van der Waals surface area contributed by atoms with Crippen LogP contribution < -0.4 is 0 Å². The van der Waals surface area contributed by atoms with Gasteiger partial charge in [0.1, 0.15) is 0 Å². The maximum absolute atomic E-state index is 9.68. The molecule has 1 aliphatic carbocycles. The lowest BCUT2D eigenvalue weighted by Gasteiger charge is -2.27. The average molecular weight is 214 g/mol. The van der Waals surface area contributed by atoms with Crippen molar-refractivity contribution < 1.29 is 9.84 Å². The van der Waals surface area contributed by atoms with Crippen molar-refractivity contribution in [3.8, 4) is 0 Å². The van der Waals surface area contributed by atoms with Gasteiger partial charge in [-0.25, -0.2) is 0 Å². The van der Waals surface area contributed by atoms with Crippen LogP contribution in [0.5, 0.6) is 0 Å². The molecular weight excluding hydrogens is 188 g/mol. The first-order valence-corrected chi connectivity index (χ1v) is 6.64. The van der Waals surface area contributed by atoms with Crippen molar-refractivity contribution in [3.05, 3.63) is 0 Å². The Bertz CT molecular complexity index is 147. The number of unbranched alkanes of at least 4 members (excludes halogenated alkanes) is 4. The number of hydrogen-bond acceptors (Lipinski definition) is 2. The van der Waals surface area contributed by atoms with Gasteiger partial charge in [0.05, 0.1) is 12.2 Å². The molecule has 1 aliphatic rings. The Labute approximate surface area is 94.0 Å². The third-order valence-corrected chi connectivity index (χ3v) is 3.25. The molecule has 0 bridgehead atoms. The van der Waals surface area contributed by atoms with E-state index in [-0.39, 0.29) is 12.2 Å². The molecule has 0 aliphatic heterocycles. The van der Waals surface area contributed by atoms with Crippen LogP contribution in [-0.4, -0.2) is 23.9 Å². The van der Waals surface area contributed by atoms with Crippen molar-refractivity contribution in [2.45, 2.75) is 76.9 Å². The molecule has 0 radical (unpaired) electrons. The summed E-state index contributed by atoms with van der Waals surface area (Å²) in [6, 6.07) is 0. The van der Waals surface area contributed by atoms with Crippen molar-refractivity contribution in [1.29, 1.82) is 0 Å². The van der Waals surface area contributed by atoms with Crippen LogP contribution in [-0.2, 0) is 4.74 Å². The maximum Gasteiger partial charge on any atom is 0.0833 e. The first kappa shape index (κ1) is 13.0. The highest BCUT2D eigenvalue weighted by molar-refractivity contribution is 4.74. The maximum atomic E-state index is 9.68. The van der Waals surface area contributed by atoms with E-state index in [0.29, 0.717) is 0 Å². The summed E-state index contributed by atoms with van der Waals surface area (Å²) in [6.07, 6.45) is 10.7. The van der Waals surface area contributed by atoms with E-state index in [1.165, 1.54) is 32.1 Å². The molecule has 2 atom stereocenters. The monoisotopic (exact) mass is 214 g/mol. The third kappa shape index (κ3) is 5.53. The standard InChI is InChI=1S/C13H26O2/c1-2-3-4-5-8-11-15-13-10-7-6-9-12(13)14/h12-14H,2-11H2,1H3. The van der Waals surface area contributed by atoms with Gasteiger partial charge in [-0.1, -0.05) is 45.4 Å². The van der Waals surface area contributed by atoms with Gasteiger partial charge in [0.25, 0.3) is 0 Å². The van der Waals surface area contributed by atoms with Crippen molar-refractivity contribution in [2.75, 3.05) is 6.61 Å². The Kier molecular flexibility index (Phi) is 7.03. The summed E-state index contributed by atoms with van der Waals surface area (Å²) < 4.78 is 5.73. The van der Waals surface area contributed by atoms with Gasteiger partial charge in [-0.05, 0) is 19.3 Å². The van der Waals surface area contributed by atoms with E-state index in [1.807, 2.05) is 0 Å². The quantitative estimate of drug-likeness (QED) is 0.659. The molecule has 1 rings (SSSR count). The fraction of sp³-hybridized carbons (Fsp3) is 1.00. The number of rotatable bonds is 7. The molecule has 2 nitrogen and oxygen atoms in total. The van der Waals surface area contributed by atoms with Gasteiger partial charge in [0.2, 0.25) is 0 Å². The van der Waals surface area contributed by atoms with E-state index < -0.39 is 0 Å². The smallest absolute Gasteiger partial charge is 0.0833 e. The molecular formula is C13H26O2. The van der Waals surface area contributed by atoms with Gasteiger partial charge in [-0.15, -0.1) is 0 Å². The summed E-state index contributed by atoms with van der Waals surface area (Å²) in [5, 5.41) is 9.68. The summed E-state index contributed by atoms with van der Waals surface area (Å²) in [5.74, 6) is 0. The second-order valence-electron chi connectivity index (χ2n) is 4.68. The highest BCUT2D eigenvalue weighted by Gasteiger charge is 2.22. The Morgan fingerprint density at radius 1 is 1.07 bits per heavy atom. The first-order valence-electron chi connectivity index (χ1n) is 6.64. The molecule has 2 heteroatoms. The SMILES string of the molecule is CCCCCCCOC1CCCCC1O. The van der Waals surface area contributed by atoms with Crippen LogP contribution in [0.25, 0.3) is 0 Å². The van der Waals surface area contributed by atoms with E-state index in [2.05, 4.69) is 6.92 Å². The molecule has 0 heterocycles. The molecule has 0 saturated heterocycles. The molecule has 0 aromatic carbocycles. The Balaban J connectivity index is 1.94. The van der Waals surface area contributed by atoms with E-state index >= 15 is 0 Å². The predicted octanol–water partition coefficient (Wildman–Crippen LogP) is 3.28. The number of aliphatic hydroxyl groups excluding tert-OH is 1. The van der Waals surface area contributed by atoms with Crippen molar-refractivity contribution in [1.82, 2.24) is 0 Å². The fourth-order valence-electron chi connectivity index (χ4n) is 2.21. The van der Waals surface area contributed by atoms with Gasteiger partial charge in [0.15, 0.2) is 0 Å². The molecule has 0 aromatic rings. The zero-order valence-corrected chi connectivity index (χ0v) is 10.1. The molecule has 0 spiro atoms. The summed E-state index contributed by atoms with van der Waals surface area (Å²) >= 11 is 0. The molecule has 0 aromatic heterocycles. The average Bonchev–Trinajstić information content (AvgIpc) is 2.25. The molecule has 90 valence electrons. The lowest BCUT2D eigenvalue weighted by atomic mass is 9.95. The van der Waals surface area contributed by atoms with E-state index in [1.54, 1.807) is 0 Å². The molecule has 2 unspecified atom stereocenters. The normalized spacial score (nSPS) is 26.8.